The molecule has 1 atom stereocenters. The van der Waals surface area contributed by atoms with Crippen molar-refractivity contribution in [2.24, 2.45) is 0 Å². The molecule has 0 aliphatic rings. The van der Waals surface area contributed by atoms with Crippen LogP contribution in [0.4, 0.5) is 0 Å². The van der Waals surface area contributed by atoms with Gasteiger partial charge in [-0.25, -0.2) is 0 Å². The highest BCUT2D eigenvalue weighted by Gasteiger charge is 2.32. The van der Waals surface area contributed by atoms with Gasteiger partial charge < -0.3 is 19.9 Å². The lowest BCUT2D eigenvalue weighted by Crippen LogP contribution is -2.10. The fourth-order valence-electron chi connectivity index (χ4n) is 3.26. The smallest absolute Gasteiger partial charge is 0.157 e. The molecule has 0 aliphatic carbocycles. The van der Waals surface area contributed by atoms with Gasteiger partial charge in [-0.05, 0) is 41.7 Å². The fourth-order valence-corrected chi connectivity index (χ4v) is 5.95. The van der Waals surface area contributed by atoms with E-state index in [1.807, 2.05) is 60.7 Å². The molecule has 0 saturated carbocycles. The monoisotopic (exact) mass is 396 g/mol. The van der Waals surface area contributed by atoms with Gasteiger partial charge in [-0.15, -0.1) is 0 Å². The van der Waals surface area contributed by atoms with Gasteiger partial charge in [-0.1, -0.05) is 66.7 Å². The largest absolute Gasteiger partial charge is 0.504 e. The van der Waals surface area contributed by atoms with Crippen LogP contribution in [0.25, 0.3) is 0 Å². The van der Waals surface area contributed by atoms with Gasteiger partial charge in [-0.2, -0.15) is 0 Å². The quantitative estimate of drug-likeness (QED) is 0.372. The first kappa shape index (κ1) is 20.2. The summed E-state index contributed by atoms with van der Waals surface area (Å²) in [6.45, 7) is 0. The normalized spacial score (nSPS) is 12.6. The number of aromatic hydroxyl groups is 2. The van der Waals surface area contributed by atoms with E-state index < -0.39 is 13.0 Å². The summed E-state index contributed by atoms with van der Waals surface area (Å²) in [7, 11) is -3.04. The van der Waals surface area contributed by atoms with Crippen molar-refractivity contribution in [1.29, 1.82) is 0 Å². The number of aliphatic hydroxyl groups is 1. The van der Waals surface area contributed by atoms with Crippen molar-refractivity contribution in [3.63, 3.8) is 0 Å². The Balaban J connectivity index is 1.83. The maximum Gasteiger partial charge on any atom is 0.157 e. The van der Waals surface area contributed by atoms with E-state index in [0.717, 1.165) is 11.1 Å². The van der Waals surface area contributed by atoms with E-state index in [-0.39, 0.29) is 11.5 Å². The van der Waals surface area contributed by atoms with E-state index in [1.54, 1.807) is 0 Å². The Bertz CT molecular complexity index is 894. The Morgan fingerprint density at radius 1 is 0.714 bits per heavy atom. The van der Waals surface area contributed by atoms with Crippen molar-refractivity contribution < 1.29 is 19.9 Å². The molecule has 0 aromatic heterocycles. The van der Waals surface area contributed by atoms with E-state index in [4.69, 9.17) is 0 Å². The third-order valence-corrected chi connectivity index (χ3v) is 8.14. The molecule has 3 rings (SSSR count). The molecule has 0 amide bonds. The minimum atomic E-state index is -3.04. The molecule has 0 heterocycles. The van der Waals surface area contributed by atoms with E-state index in [1.165, 1.54) is 18.2 Å². The van der Waals surface area contributed by atoms with Gasteiger partial charge >= 0.3 is 0 Å². The minimum Gasteiger partial charge on any atom is -0.504 e. The van der Waals surface area contributed by atoms with Crippen LogP contribution in [0.3, 0.4) is 0 Å². The average Bonchev–Trinajstić information content (AvgIpc) is 2.74. The third kappa shape index (κ3) is 5.03. The van der Waals surface area contributed by atoms with Crippen molar-refractivity contribution in [2.75, 3.05) is 12.3 Å². The van der Waals surface area contributed by atoms with Crippen LogP contribution in [0.1, 0.15) is 22.5 Å². The highest BCUT2D eigenvalue weighted by Crippen LogP contribution is 2.58. The fraction of sp³-hybridized carbons (Fsp3) is 0.217. The van der Waals surface area contributed by atoms with Crippen molar-refractivity contribution in [3.05, 3.63) is 95.6 Å². The lowest BCUT2D eigenvalue weighted by atomic mass is 10.2. The maximum absolute atomic E-state index is 13.9. The summed E-state index contributed by atoms with van der Waals surface area (Å²) in [6.07, 6.45) is 1.95. The maximum atomic E-state index is 13.9. The molecule has 3 N–H and O–H groups in total. The summed E-state index contributed by atoms with van der Waals surface area (Å²) in [6, 6.07) is 23.7. The molecular weight excluding hydrogens is 371 g/mol. The van der Waals surface area contributed by atoms with Crippen LogP contribution in [-0.2, 0) is 17.4 Å². The van der Waals surface area contributed by atoms with Gasteiger partial charge in [0.05, 0.1) is 0 Å². The lowest BCUT2D eigenvalue weighted by Gasteiger charge is -2.25. The Labute approximate surface area is 165 Å². The van der Waals surface area contributed by atoms with Gasteiger partial charge in [0.25, 0.3) is 0 Å². The van der Waals surface area contributed by atoms with Crippen molar-refractivity contribution >= 4 is 7.14 Å². The standard InChI is InChI=1S/C23H25O4P/c24-21-12-11-20(17-22(21)25)23(26)28(27,15-13-18-7-3-1-4-8-18)16-14-19-9-5-2-6-10-19/h1-12,17,23-26H,13-16H2. The number of aryl methyl sites for hydroxylation is 2. The van der Waals surface area contributed by atoms with Crippen LogP contribution in [0.15, 0.2) is 78.9 Å². The SMILES string of the molecule is O=P(CCc1ccccc1)(CCc1ccccc1)C(O)c1ccc(O)c(O)c1. The number of benzene rings is 3. The van der Waals surface area contributed by atoms with Crippen molar-refractivity contribution in [3.8, 4) is 11.5 Å². The molecule has 0 radical (unpaired) electrons. The van der Waals surface area contributed by atoms with E-state index in [9.17, 15) is 19.9 Å². The van der Waals surface area contributed by atoms with Crippen LogP contribution < -0.4 is 0 Å². The second-order valence-corrected chi connectivity index (χ2v) is 10.3. The van der Waals surface area contributed by atoms with Crippen molar-refractivity contribution in [1.82, 2.24) is 0 Å². The summed E-state index contributed by atoms with van der Waals surface area (Å²) >= 11 is 0. The minimum absolute atomic E-state index is 0.264. The summed E-state index contributed by atoms with van der Waals surface area (Å²) in [5.41, 5.74) is 2.51. The summed E-state index contributed by atoms with van der Waals surface area (Å²) in [4.78, 5) is 0. The molecule has 0 aliphatic heterocycles. The predicted octanol–water partition coefficient (Wildman–Crippen LogP) is 4.94. The second kappa shape index (κ2) is 9.09. The lowest BCUT2D eigenvalue weighted by molar-refractivity contribution is 0.251. The molecule has 0 saturated heterocycles. The Morgan fingerprint density at radius 3 is 1.68 bits per heavy atom. The molecule has 3 aromatic carbocycles. The Hall–Kier alpha value is -2.55. The van der Waals surface area contributed by atoms with Gasteiger partial charge in [0.1, 0.15) is 13.0 Å². The Morgan fingerprint density at radius 2 is 1.21 bits per heavy atom. The number of hydrogen-bond donors (Lipinski definition) is 3. The zero-order valence-corrected chi connectivity index (χ0v) is 16.5. The van der Waals surface area contributed by atoms with Gasteiger partial charge in [-0.3, -0.25) is 0 Å². The summed E-state index contributed by atoms with van der Waals surface area (Å²) in [5, 5.41) is 30.3. The molecule has 1 unspecified atom stereocenters. The first-order valence-electron chi connectivity index (χ1n) is 9.33. The molecule has 0 spiro atoms. The second-order valence-electron chi connectivity index (χ2n) is 6.99. The van der Waals surface area contributed by atoms with E-state index in [2.05, 4.69) is 0 Å². The van der Waals surface area contributed by atoms with Crippen LogP contribution in [0, 0.1) is 0 Å². The number of hydrogen-bond acceptors (Lipinski definition) is 4. The summed E-state index contributed by atoms with van der Waals surface area (Å²) < 4.78 is 13.9. The van der Waals surface area contributed by atoms with Crippen LogP contribution in [-0.4, -0.2) is 27.6 Å². The van der Waals surface area contributed by atoms with Crippen LogP contribution in [0.5, 0.6) is 11.5 Å². The number of phenolic OH excluding ortho intramolecular Hbond substituents is 2. The molecule has 146 valence electrons. The number of phenols is 2. The molecule has 4 nitrogen and oxygen atoms in total. The third-order valence-electron chi connectivity index (χ3n) is 4.99. The predicted molar refractivity (Wildman–Crippen MR) is 112 cm³/mol. The molecule has 5 heteroatoms. The van der Waals surface area contributed by atoms with E-state index in [0.29, 0.717) is 30.7 Å². The molecule has 28 heavy (non-hydrogen) atoms. The highest BCUT2D eigenvalue weighted by molar-refractivity contribution is 7.64. The number of rotatable bonds is 8. The van der Waals surface area contributed by atoms with E-state index >= 15 is 0 Å². The zero-order valence-electron chi connectivity index (χ0n) is 15.6. The molecule has 0 bridgehead atoms. The summed E-state index contributed by atoms with van der Waals surface area (Å²) in [5.74, 6) is -1.78. The van der Waals surface area contributed by atoms with Gasteiger partial charge in [0, 0.05) is 12.3 Å². The Kier molecular flexibility index (Phi) is 6.56. The highest BCUT2D eigenvalue weighted by atomic mass is 31.2. The first-order valence-corrected chi connectivity index (χ1v) is 11.5. The first-order chi connectivity index (χ1) is 13.5. The zero-order chi connectivity index (χ0) is 20.0. The van der Waals surface area contributed by atoms with Crippen LogP contribution >= 0.6 is 7.14 Å². The topological polar surface area (TPSA) is 77.8 Å². The molecule has 0 fully saturated rings. The van der Waals surface area contributed by atoms with Gasteiger partial charge in [0.15, 0.2) is 11.5 Å². The molecule has 3 aromatic rings. The average molecular weight is 396 g/mol. The number of aliphatic hydroxyl groups excluding tert-OH is 1. The molecular formula is C23H25O4P. The van der Waals surface area contributed by atoms with Crippen molar-refractivity contribution in [2.45, 2.75) is 18.7 Å². The van der Waals surface area contributed by atoms with Gasteiger partial charge in [0.2, 0.25) is 0 Å². The van der Waals surface area contributed by atoms with Crippen LogP contribution in [0.2, 0.25) is 0 Å².